The van der Waals surface area contributed by atoms with Crippen LogP contribution in [0.3, 0.4) is 0 Å². The van der Waals surface area contributed by atoms with E-state index in [4.69, 9.17) is 0 Å². The van der Waals surface area contributed by atoms with Gasteiger partial charge in [0.25, 0.3) is 5.91 Å². The lowest BCUT2D eigenvalue weighted by Gasteiger charge is -2.27. The highest BCUT2D eigenvalue weighted by molar-refractivity contribution is 5.96. The lowest BCUT2D eigenvalue weighted by atomic mass is 9.90. The summed E-state index contributed by atoms with van der Waals surface area (Å²) in [5.41, 5.74) is 1.21. The van der Waals surface area contributed by atoms with Crippen LogP contribution in [-0.4, -0.2) is 29.9 Å². The smallest absolute Gasteiger partial charge is 0.251 e. The van der Waals surface area contributed by atoms with Gasteiger partial charge >= 0.3 is 0 Å². The van der Waals surface area contributed by atoms with E-state index in [9.17, 15) is 14.9 Å². The summed E-state index contributed by atoms with van der Waals surface area (Å²) in [6, 6.07) is 7.58. The summed E-state index contributed by atoms with van der Waals surface area (Å²) in [6.07, 6.45) is 0. The number of nitriles is 1. The van der Waals surface area contributed by atoms with Gasteiger partial charge in [-0.25, -0.2) is 0 Å². The van der Waals surface area contributed by atoms with Crippen LogP contribution in [0.5, 0.6) is 0 Å². The van der Waals surface area contributed by atoms with E-state index in [2.05, 4.69) is 22.0 Å². The van der Waals surface area contributed by atoms with Crippen LogP contribution < -0.4 is 16.0 Å². The van der Waals surface area contributed by atoms with E-state index in [-0.39, 0.29) is 30.3 Å². The van der Waals surface area contributed by atoms with Gasteiger partial charge in [-0.1, -0.05) is 19.9 Å². The van der Waals surface area contributed by atoms with Gasteiger partial charge in [0.05, 0.1) is 12.6 Å². The minimum atomic E-state index is -0.908. The van der Waals surface area contributed by atoms with Crippen LogP contribution in [0.15, 0.2) is 18.2 Å². The van der Waals surface area contributed by atoms with E-state index in [1.165, 1.54) is 0 Å². The normalized spacial score (nSPS) is 13.1. The van der Waals surface area contributed by atoms with E-state index in [1.807, 2.05) is 46.8 Å². The third-order valence-corrected chi connectivity index (χ3v) is 4.14. The number of anilines is 1. The summed E-state index contributed by atoms with van der Waals surface area (Å²) >= 11 is 0. The van der Waals surface area contributed by atoms with E-state index in [0.29, 0.717) is 11.3 Å². The molecule has 25 heavy (non-hydrogen) atoms. The molecule has 0 aliphatic rings. The zero-order valence-corrected chi connectivity index (χ0v) is 15.9. The van der Waals surface area contributed by atoms with Gasteiger partial charge < -0.3 is 16.0 Å². The van der Waals surface area contributed by atoms with Crippen molar-refractivity contribution in [2.24, 2.45) is 5.92 Å². The summed E-state index contributed by atoms with van der Waals surface area (Å²) in [7, 11) is 0. The Balaban J connectivity index is 2.77. The zero-order chi connectivity index (χ0) is 19.2. The number of rotatable bonds is 7. The first-order valence-corrected chi connectivity index (χ1v) is 8.46. The molecule has 0 heterocycles. The number of nitrogens with one attached hydrogen (secondary N) is 3. The van der Waals surface area contributed by atoms with Gasteiger partial charge in [0.15, 0.2) is 0 Å². The molecule has 3 N–H and O–H groups in total. The quantitative estimate of drug-likeness (QED) is 0.709. The van der Waals surface area contributed by atoms with Gasteiger partial charge in [-0.3, -0.25) is 9.59 Å². The van der Waals surface area contributed by atoms with Crippen LogP contribution >= 0.6 is 0 Å². The van der Waals surface area contributed by atoms with Crippen molar-refractivity contribution in [3.8, 4) is 6.07 Å². The summed E-state index contributed by atoms with van der Waals surface area (Å²) in [6.45, 7) is 11.2. The molecule has 0 saturated carbocycles. The van der Waals surface area contributed by atoms with Crippen LogP contribution in [0.25, 0.3) is 0 Å². The second-order valence-electron chi connectivity index (χ2n) is 7.03. The second kappa shape index (κ2) is 8.52. The van der Waals surface area contributed by atoms with Crippen molar-refractivity contribution in [3.05, 3.63) is 29.3 Å². The van der Waals surface area contributed by atoms with Gasteiger partial charge in [-0.05, 0) is 51.3 Å². The fourth-order valence-corrected chi connectivity index (χ4v) is 2.13. The molecule has 0 spiro atoms. The molecule has 1 rings (SSSR count). The Bertz CT molecular complexity index is 676. The number of amides is 2. The number of carbonyl (C=O) groups is 2. The highest BCUT2D eigenvalue weighted by atomic mass is 16.2. The van der Waals surface area contributed by atoms with Crippen LogP contribution in [-0.2, 0) is 4.79 Å². The minimum absolute atomic E-state index is 0.00726. The predicted octanol–water partition coefficient (Wildman–Crippen LogP) is 2.60. The SMILES string of the molecule is Cc1ccc(NCC(=O)N[C@](C)(C#N)C(C)C)cc1C(=O)NC(C)C. The van der Waals surface area contributed by atoms with Crippen LogP contribution in [0.4, 0.5) is 5.69 Å². The maximum absolute atomic E-state index is 12.2. The van der Waals surface area contributed by atoms with Gasteiger partial charge in [0, 0.05) is 17.3 Å². The molecule has 0 bridgehead atoms. The minimum Gasteiger partial charge on any atom is -0.376 e. The summed E-state index contributed by atoms with van der Waals surface area (Å²) < 4.78 is 0. The fourth-order valence-electron chi connectivity index (χ4n) is 2.13. The van der Waals surface area contributed by atoms with E-state index >= 15 is 0 Å². The number of carbonyl (C=O) groups excluding carboxylic acids is 2. The molecule has 6 nitrogen and oxygen atoms in total. The third-order valence-electron chi connectivity index (χ3n) is 4.14. The van der Waals surface area contributed by atoms with E-state index in [1.54, 1.807) is 13.0 Å². The van der Waals surface area contributed by atoms with E-state index in [0.717, 1.165) is 5.56 Å². The number of benzene rings is 1. The lowest BCUT2D eigenvalue weighted by Crippen LogP contribution is -2.50. The van der Waals surface area contributed by atoms with Crippen LogP contribution in [0.1, 0.15) is 50.5 Å². The van der Waals surface area contributed by atoms with Gasteiger partial charge in [0.2, 0.25) is 5.91 Å². The molecule has 1 aromatic carbocycles. The Labute approximate surface area is 150 Å². The van der Waals surface area contributed by atoms with Gasteiger partial charge in [-0.2, -0.15) is 5.26 Å². The molecule has 0 saturated heterocycles. The molecule has 136 valence electrons. The molecule has 0 aromatic heterocycles. The number of nitrogens with zero attached hydrogens (tertiary/aromatic N) is 1. The Morgan fingerprint density at radius 2 is 1.88 bits per heavy atom. The first kappa shape index (κ1) is 20.5. The summed E-state index contributed by atoms with van der Waals surface area (Å²) in [5, 5.41) is 17.9. The Morgan fingerprint density at radius 1 is 1.24 bits per heavy atom. The topological polar surface area (TPSA) is 94.0 Å². The third kappa shape index (κ3) is 5.79. The number of hydrogen-bond donors (Lipinski definition) is 3. The molecule has 0 unspecified atom stereocenters. The fraction of sp³-hybridized carbons (Fsp3) is 0.526. The average Bonchev–Trinajstić information content (AvgIpc) is 2.52. The molecular formula is C19H28N4O2. The van der Waals surface area contributed by atoms with Crippen LogP contribution in [0, 0.1) is 24.2 Å². The first-order valence-electron chi connectivity index (χ1n) is 8.46. The maximum atomic E-state index is 12.2. The Hall–Kier alpha value is -2.55. The van der Waals surface area contributed by atoms with E-state index < -0.39 is 5.54 Å². The first-order chi connectivity index (χ1) is 11.6. The molecular weight excluding hydrogens is 316 g/mol. The van der Waals surface area contributed by atoms with Gasteiger partial charge in [0.1, 0.15) is 5.54 Å². The molecule has 0 aliphatic heterocycles. The standard InChI is InChI=1S/C19H28N4O2/c1-12(2)19(6,11-20)23-17(24)10-21-15-8-7-14(5)16(9-15)18(25)22-13(3)4/h7-9,12-13,21H,10H2,1-6H3,(H,22,25)(H,23,24)/t19-/m1/s1. The average molecular weight is 344 g/mol. The monoisotopic (exact) mass is 344 g/mol. The molecule has 6 heteroatoms. The number of aryl methyl sites for hydroxylation is 1. The maximum Gasteiger partial charge on any atom is 0.251 e. The number of hydrogen-bond acceptors (Lipinski definition) is 4. The van der Waals surface area contributed by atoms with Crippen molar-refractivity contribution in [1.82, 2.24) is 10.6 Å². The Kier molecular flexibility index (Phi) is 6.98. The van der Waals surface area contributed by atoms with Gasteiger partial charge in [-0.15, -0.1) is 0 Å². The highest BCUT2D eigenvalue weighted by Crippen LogP contribution is 2.17. The molecule has 1 atom stereocenters. The van der Waals surface area contributed by atoms with Crippen molar-refractivity contribution >= 4 is 17.5 Å². The van der Waals surface area contributed by atoms with Crippen molar-refractivity contribution in [2.45, 2.75) is 53.1 Å². The molecule has 0 aliphatic carbocycles. The lowest BCUT2D eigenvalue weighted by molar-refractivity contribution is -0.121. The van der Waals surface area contributed by atoms with Crippen molar-refractivity contribution in [2.75, 3.05) is 11.9 Å². The largest absolute Gasteiger partial charge is 0.376 e. The molecule has 0 fully saturated rings. The molecule has 1 aromatic rings. The highest BCUT2D eigenvalue weighted by Gasteiger charge is 2.29. The second-order valence-corrected chi connectivity index (χ2v) is 7.03. The van der Waals surface area contributed by atoms with Crippen molar-refractivity contribution < 1.29 is 9.59 Å². The molecule has 0 radical (unpaired) electrons. The van der Waals surface area contributed by atoms with Crippen molar-refractivity contribution in [1.29, 1.82) is 5.26 Å². The predicted molar refractivity (Wildman–Crippen MR) is 99.3 cm³/mol. The van der Waals surface area contributed by atoms with Crippen LogP contribution in [0.2, 0.25) is 0 Å². The zero-order valence-electron chi connectivity index (χ0n) is 15.9. The van der Waals surface area contributed by atoms with Crippen molar-refractivity contribution in [3.63, 3.8) is 0 Å². The summed E-state index contributed by atoms with van der Waals surface area (Å²) in [5.74, 6) is -0.420. The summed E-state index contributed by atoms with van der Waals surface area (Å²) in [4.78, 5) is 24.3. The molecule has 2 amide bonds. The Morgan fingerprint density at radius 3 is 2.40 bits per heavy atom.